The molecule has 0 atom stereocenters. The number of hydrogen-bond donors (Lipinski definition) is 2. The van der Waals surface area contributed by atoms with Crippen LogP contribution in [0.5, 0.6) is 5.75 Å². The van der Waals surface area contributed by atoms with Crippen molar-refractivity contribution in [3.63, 3.8) is 0 Å². The van der Waals surface area contributed by atoms with Crippen LogP contribution in [0.4, 0.5) is 4.79 Å². The van der Waals surface area contributed by atoms with E-state index in [9.17, 15) is 4.79 Å². The van der Waals surface area contributed by atoms with E-state index < -0.39 is 6.09 Å². The van der Waals surface area contributed by atoms with Gasteiger partial charge in [-0.05, 0) is 44.0 Å². The van der Waals surface area contributed by atoms with E-state index in [-0.39, 0.29) is 12.0 Å². The summed E-state index contributed by atoms with van der Waals surface area (Å²) >= 11 is 6.47. The Morgan fingerprint density at radius 3 is 2.72 bits per heavy atom. The molecular weight excluding hydrogens is 394 g/mol. The fraction of sp³-hybridized carbons (Fsp3) is 0.300. The van der Waals surface area contributed by atoms with Crippen molar-refractivity contribution in [3.8, 4) is 23.0 Å². The lowest BCUT2D eigenvalue weighted by Gasteiger charge is -2.34. The highest BCUT2D eigenvalue weighted by atomic mass is 35.5. The monoisotopic (exact) mass is 413 g/mol. The number of rotatable bonds is 6. The highest BCUT2D eigenvalue weighted by Gasteiger charge is 2.36. The molecule has 0 saturated heterocycles. The SMILES string of the molecule is CCOc1ccc(-c2nnc(C3CC(NC(=O)O)C3)n2-c2ccccc2Cl)nc1. The quantitative estimate of drug-likeness (QED) is 0.635. The van der Waals surface area contributed by atoms with Crippen LogP contribution in [-0.4, -0.2) is 43.6 Å². The third kappa shape index (κ3) is 3.88. The topological polar surface area (TPSA) is 102 Å². The molecule has 1 aliphatic rings. The first-order valence-corrected chi connectivity index (χ1v) is 9.73. The van der Waals surface area contributed by atoms with Gasteiger partial charge in [-0.15, -0.1) is 10.2 Å². The van der Waals surface area contributed by atoms with Gasteiger partial charge in [0.1, 0.15) is 17.3 Å². The summed E-state index contributed by atoms with van der Waals surface area (Å²) in [6, 6.07) is 11.1. The summed E-state index contributed by atoms with van der Waals surface area (Å²) in [7, 11) is 0. The van der Waals surface area contributed by atoms with E-state index in [0.717, 1.165) is 11.5 Å². The Morgan fingerprint density at radius 1 is 1.28 bits per heavy atom. The van der Waals surface area contributed by atoms with Crippen LogP contribution in [0, 0.1) is 0 Å². The predicted molar refractivity (Wildman–Crippen MR) is 108 cm³/mol. The molecule has 1 fully saturated rings. The number of nitrogens with zero attached hydrogens (tertiary/aromatic N) is 4. The molecule has 0 spiro atoms. The summed E-state index contributed by atoms with van der Waals surface area (Å²) in [4.78, 5) is 15.3. The molecule has 8 nitrogen and oxygen atoms in total. The van der Waals surface area contributed by atoms with Crippen molar-refractivity contribution in [1.82, 2.24) is 25.1 Å². The molecule has 1 aromatic carbocycles. The summed E-state index contributed by atoms with van der Waals surface area (Å²) < 4.78 is 7.37. The normalized spacial score (nSPS) is 18.1. The van der Waals surface area contributed by atoms with Crippen LogP contribution in [0.25, 0.3) is 17.2 Å². The van der Waals surface area contributed by atoms with Crippen LogP contribution in [0.1, 0.15) is 31.5 Å². The molecule has 29 heavy (non-hydrogen) atoms. The third-order valence-electron chi connectivity index (χ3n) is 4.89. The van der Waals surface area contributed by atoms with Crippen LogP contribution in [-0.2, 0) is 0 Å². The van der Waals surface area contributed by atoms with Gasteiger partial charge >= 0.3 is 6.09 Å². The maximum absolute atomic E-state index is 10.9. The van der Waals surface area contributed by atoms with E-state index >= 15 is 0 Å². The Balaban J connectivity index is 1.72. The minimum atomic E-state index is -1.01. The molecule has 2 N–H and O–H groups in total. The number of benzene rings is 1. The van der Waals surface area contributed by atoms with Crippen LogP contribution in [0.2, 0.25) is 5.02 Å². The van der Waals surface area contributed by atoms with Crippen LogP contribution in [0.15, 0.2) is 42.6 Å². The van der Waals surface area contributed by atoms with Crippen molar-refractivity contribution >= 4 is 17.7 Å². The van der Waals surface area contributed by atoms with Crippen molar-refractivity contribution in [2.75, 3.05) is 6.61 Å². The smallest absolute Gasteiger partial charge is 0.404 e. The lowest BCUT2D eigenvalue weighted by molar-refractivity contribution is 0.176. The molecule has 0 radical (unpaired) electrons. The van der Waals surface area contributed by atoms with Gasteiger partial charge in [-0.1, -0.05) is 23.7 Å². The van der Waals surface area contributed by atoms with Crippen molar-refractivity contribution in [3.05, 3.63) is 53.4 Å². The van der Waals surface area contributed by atoms with Gasteiger partial charge in [0.15, 0.2) is 5.82 Å². The van der Waals surface area contributed by atoms with Gasteiger partial charge in [0, 0.05) is 12.0 Å². The molecule has 4 rings (SSSR count). The summed E-state index contributed by atoms with van der Waals surface area (Å²) in [6.07, 6.45) is 1.96. The van der Waals surface area contributed by atoms with E-state index in [1.54, 1.807) is 6.20 Å². The van der Waals surface area contributed by atoms with Crippen molar-refractivity contribution < 1.29 is 14.6 Å². The van der Waals surface area contributed by atoms with Crippen LogP contribution in [0.3, 0.4) is 0 Å². The van der Waals surface area contributed by atoms with Crippen molar-refractivity contribution in [2.45, 2.75) is 31.7 Å². The number of amides is 1. The molecule has 1 saturated carbocycles. The largest absolute Gasteiger partial charge is 0.492 e. The highest BCUT2D eigenvalue weighted by molar-refractivity contribution is 6.32. The third-order valence-corrected chi connectivity index (χ3v) is 5.21. The Hall–Kier alpha value is -3.13. The van der Waals surface area contributed by atoms with Gasteiger partial charge in [-0.3, -0.25) is 4.57 Å². The number of carbonyl (C=O) groups is 1. The van der Waals surface area contributed by atoms with E-state index in [1.165, 1.54) is 0 Å². The molecule has 2 aromatic heterocycles. The summed E-state index contributed by atoms with van der Waals surface area (Å²) in [6.45, 7) is 2.48. The molecule has 2 heterocycles. The van der Waals surface area contributed by atoms with Gasteiger partial charge in [0.25, 0.3) is 0 Å². The predicted octanol–water partition coefficient (Wildman–Crippen LogP) is 3.90. The van der Waals surface area contributed by atoms with E-state index in [4.69, 9.17) is 21.4 Å². The van der Waals surface area contributed by atoms with Crippen molar-refractivity contribution in [2.24, 2.45) is 0 Å². The van der Waals surface area contributed by atoms with Gasteiger partial charge in [-0.2, -0.15) is 0 Å². The number of hydrogen-bond acceptors (Lipinski definition) is 5. The second kappa shape index (κ2) is 8.08. The Morgan fingerprint density at radius 2 is 2.07 bits per heavy atom. The molecule has 0 unspecified atom stereocenters. The lowest BCUT2D eigenvalue weighted by atomic mass is 9.79. The number of ether oxygens (including phenoxy) is 1. The van der Waals surface area contributed by atoms with Gasteiger partial charge < -0.3 is 15.2 Å². The Kier molecular flexibility index (Phi) is 5.35. The van der Waals surface area contributed by atoms with E-state index in [2.05, 4.69) is 20.5 Å². The zero-order chi connectivity index (χ0) is 20.4. The summed E-state index contributed by atoms with van der Waals surface area (Å²) in [5.41, 5.74) is 1.40. The Labute approximate surface area is 172 Å². The number of aromatic nitrogens is 4. The van der Waals surface area contributed by atoms with Gasteiger partial charge in [0.05, 0.1) is 23.5 Å². The number of carboxylic acid groups (broad SMARTS) is 1. The fourth-order valence-corrected chi connectivity index (χ4v) is 3.70. The zero-order valence-electron chi connectivity index (χ0n) is 15.7. The highest BCUT2D eigenvalue weighted by Crippen LogP contribution is 2.39. The molecule has 0 bridgehead atoms. The summed E-state index contributed by atoms with van der Waals surface area (Å²) in [5, 5.41) is 20.8. The molecule has 3 aromatic rings. The average Bonchev–Trinajstić information content (AvgIpc) is 3.09. The number of para-hydroxylation sites is 1. The maximum atomic E-state index is 10.9. The summed E-state index contributed by atoms with van der Waals surface area (Å²) in [5.74, 6) is 2.08. The fourth-order valence-electron chi connectivity index (χ4n) is 3.48. The standard InChI is InChI=1S/C20H20ClN5O3/c1-2-29-14-7-8-16(22-11-14)19-25-24-18(12-9-13(10-12)23-20(27)28)26(19)17-6-4-3-5-15(17)21/h3-8,11-13,23H,2,9-10H2,1H3,(H,27,28). The van der Waals surface area contributed by atoms with Crippen LogP contribution < -0.4 is 10.1 Å². The molecule has 0 aliphatic heterocycles. The van der Waals surface area contributed by atoms with E-state index in [1.807, 2.05) is 47.9 Å². The number of pyridine rings is 1. The molecule has 9 heteroatoms. The average molecular weight is 414 g/mol. The lowest BCUT2D eigenvalue weighted by Crippen LogP contribution is -2.43. The molecule has 1 aliphatic carbocycles. The first-order chi connectivity index (χ1) is 14.1. The molecular formula is C20H20ClN5O3. The number of nitrogens with one attached hydrogen (secondary N) is 1. The minimum absolute atomic E-state index is 0.0760. The number of halogens is 1. The van der Waals surface area contributed by atoms with Crippen molar-refractivity contribution in [1.29, 1.82) is 0 Å². The van der Waals surface area contributed by atoms with E-state index in [0.29, 0.717) is 41.7 Å². The van der Waals surface area contributed by atoms with Gasteiger partial charge in [0.2, 0.25) is 0 Å². The zero-order valence-corrected chi connectivity index (χ0v) is 16.5. The second-order valence-electron chi connectivity index (χ2n) is 6.80. The maximum Gasteiger partial charge on any atom is 0.404 e. The van der Waals surface area contributed by atoms with Crippen LogP contribution >= 0.6 is 11.6 Å². The van der Waals surface area contributed by atoms with Gasteiger partial charge in [-0.25, -0.2) is 9.78 Å². The second-order valence-corrected chi connectivity index (χ2v) is 7.20. The Bertz CT molecular complexity index is 1020. The molecule has 1 amide bonds. The first-order valence-electron chi connectivity index (χ1n) is 9.35. The minimum Gasteiger partial charge on any atom is -0.492 e. The first kappa shape index (κ1) is 19.2. The molecule has 150 valence electrons.